The molecule has 4 aromatic carbocycles. The van der Waals surface area contributed by atoms with Crippen molar-refractivity contribution >= 4 is 32.3 Å². The van der Waals surface area contributed by atoms with E-state index in [0.717, 1.165) is 0 Å². The molecule has 1 aliphatic carbocycles. The molecule has 0 fully saturated rings. The van der Waals surface area contributed by atoms with Crippen LogP contribution in [0.5, 0.6) is 0 Å². The van der Waals surface area contributed by atoms with Crippen LogP contribution in [-0.2, 0) is 12.8 Å². The van der Waals surface area contributed by atoms with E-state index in [0.29, 0.717) is 5.41 Å². The minimum Gasteiger partial charge on any atom is -0.0616 e. The zero-order valence-electron chi connectivity index (χ0n) is 14.4. The number of rotatable bonds is 0. The average molecular weight is 310 g/mol. The van der Waals surface area contributed by atoms with Gasteiger partial charge in [-0.2, -0.15) is 0 Å². The highest BCUT2D eigenvalue weighted by molar-refractivity contribution is 6.17. The number of hydrogen-bond acceptors (Lipinski definition) is 0. The van der Waals surface area contributed by atoms with Gasteiger partial charge in [-0.15, -0.1) is 0 Å². The molecule has 0 saturated heterocycles. The summed E-state index contributed by atoms with van der Waals surface area (Å²) in [5, 5.41) is 8.31. The maximum atomic E-state index is 2.41. The van der Waals surface area contributed by atoms with E-state index in [1.165, 1.54) is 51.6 Å². The predicted molar refractivity (Wildman–Crippen MR) is 105 cm³/mol. The Balaban J connectivity index is 1.88. The Morgan fingerprint density at radius 3 is 2.25 bits per heavy atom. The lowest BCUT2D eigenvalue weighted by Gasteiger charge is -2.32. The van der Waals surface area contributed by atoms with Gasteiger partial charge in [0.15, 0.2) is 0 Å². The van der Waals surface area contributed by atoms with Gasteiger partial charge in [-0.05, 0) is 68.1 Å². The monoisotopic (exact) mass is 310 g/mol. The highest BCUT2D eigenvalue weighted by atomic mass is 14.3. The molecule has 5 rings (SSSR count). The molecule has 0 amide bonds. The van der Waals surface area contributed by atoms with Gasteiger partial charge in [-0.1, -0.05) is 74.5 Å². The first-order chi connectivity index (χ1) is 11.6. The second-order valence-corrected chi connectivity index (χ2v) is 8.09. The van der Waals surface area contributed by atoms with Crippen molar-refractivity contribution in [1.82, 2.24) is 0 Å². The molecule has 0 heteroatoms. The summed E-state index contributed by atoms with van der Waals surface area (Å²) in [6.07, 6.45) is 3.70. The van der Waals surface area contributed by atoms with Gasteiger partial charge in [-0.25, -0.2) is 0 Å². The van der Waals surface area contributed by atoms with Gasteiger partial charge < -0.3 is 0 Å². The van der Waals surface area contributed by atoms with Gasteiger partial charge >= 0.3 is 0 Å². The zero-order chi connectivity index (χ0) is 16.3. The molecule has 0 bridgehead atoms. The normalized spacial score (nSPS) is 16.6. The van der Waals surface area contributed by atoms with Crippen molar-refractivity contribution in [3.8, 4) is 0 Å². The van der Waals surface area contributed by atoms with Crippen molar-refractivity contribution in [2.45, 2.75) is 33.1 Å². The lowest BCUT2D eigenvalue weighted by atomic mass is 9.73. The van der Waals surface area contributed by atoms with Crippen molar-refractivity contribution < 1.29 is 0 Å². The van der Waals surface area contributed by atoms with Crippen LogP contribution >= 0.6 is 0 Å². The fourth-order valence-electron chi connectivity index (χ4n) is 4.49. The van der Waals surface area contributed by atoms with Crippen molar-refractivity contribution in [3.05, 3.63) is 71.8 Å². The smallest absolute Gasteiger partial charge is 0.00989 e. The quantitative estimate of drug-likeness (QED) is 0.318. The standard InChI is InChI=1S/C24H22/c1-24(2)14-13-17-8-10-21-20-9-7-16-5-3-4-6-18(16)19(20)11-12-22(21)23(17)15-24/h3-12H,13-15H2,1-2H3. The minimum absolute atomic E-state index is 0.416. The van der Waals surface area contributed by atoms with Gasteiger partial charge in [0, 0.05) is 0 Å². The summed E-state index contributed by atoms with van der Waals surface area (Å²) < 4.78 is 0. The average Bonchev–Trinajstić information content (AvgIpc) is 2.60. The fraction of sp³-hybridized carbons (Fsp3) is 0.250. The van der Waals surface area contributed by atoms with Gasteiger partial charge in [0.2, 0.25) is 0 Å². The summed E-state index contributed by atoms with van der Waals surface area (Å²) in [5.74, 6) is 0. The van der Waals surface area contributed by atoms with Gasteiger partial charge in [-0.3, -0.25) is 0 Å². The van der Waals surface area contributed by atoms with E-state index < -0.39 is 0 Å². The summed E-state index contributed by atoms with van der Waals surface area (Å²) in [4.78, 5) is 0. The van der Waals surface area contributed by atoms with E-state index in [-0.39, 0.29) is 0 Å². The Hall–Kier alpha value is -2.34. The maximum Gasteiger partial charge on any atom is -0.00989 e. The molecule has 0 heterocycles. The fourth-order valence-corrected chi connectivity index (χ4v) is 4.49. The SMILES string of the molecule is CC1(C)CCc2ccc3c(ccc4c5ccccc5ccc34)c2C1. The Bertz CT molecular complexity index is 1100. The number of hydrogen-bond donors (Lipinski definition) is 0. The van der Waals surface area contributed by atoms with Crippen LogP contribution in [0.15, 0.2) is 60.7 Å². The van der Waals surface area contributed by atoms with Crippen molar-refractivity contribution in [3.63, 3.8) is 0 Å². The van der Waals surface area contributed by atoms with Crippen LogP contribution in [0.1, 0.15) is 31.4 Å². The lowest BCUT2D eigenvalue weighted by Crippen LogP contribution is -2.22. The molecule has 0 atom stereocenters. The van der Waals surface area contributed by atoms with Crippen molar-refractivity contribution in [1.29, 1.82) is 0 Å². The van der Waals surface area contributed by atoms with E-state index in [9.17, 15) is 0 Å². The molecular formula is C24H22. The first-order valence-electron chi connectivity index (χ1n) is 8.97. The first-order valence-corrected chi connectivity index (χ1v) is 8.97. The lowest BCUT2D eigenvalue weighted by molar-refractivity contribution is 0.317. The van der Waals surface area contributed by atoms with Crippen LogP contribution in [-0.4, -0.2) is 0 Å². The molecule has 1 aliphatic rings. The summed E-state index contributed by atoms with van der Waals surface area (Å²) >= 11 is 0. The highest BCUT2D eigenvalue weighted by Crippen LogP contribution is 2.40. The van der Waals surface area contributed by atoms with E-state index in [4.69, 9.17) is 0 Å². The second kappa shape index (κ2) is 4.83. The zero-order valence-corrected chi connectivity index (χ0v) is 14.4. The van der Waals surface area contributed by atoms with E-state index in [2.05, 4.69) is 74.5 Å². The minimum atomic E-state index is 0.416. The third-order valence-electron chi connectivity index (χ3n) is 5.86. The van der Waals surface area contributed by atoms with Gasteiger partial charge in [0.1, 0.15) is 0 Å². The second-order valence-electron chi connectivity index (χ2n) is 8.09. The molecule has 0 N–H and O–H groups in total. The van der Waals surface area contributed by atoms with E-state index in [1.54, 1.807) is 11.1 Å². The third kappa shape index (κ3) is 1.99. The molecule has 0 nitrogen and oxygen atoms in total. The molecule has 0 aliphatic heterocycles. The van der Waals surface area contributed by atoms with Crippen LogP contribution in [0, 0.1) is 5.41 Å². The summed E-state index contributed by atoms with van der Waals surface area (Å²) in [6, 6.07) is 22.7. The van der Waals surface area contributed by atoms with Crippen LogP contribution in [0.25, 0.3) is 32.3 Å². The van der Waals surface area contributed by atoms with Crippen molar-refractivity contribution in [2.75, 3.05) is 0 Å². The van der Waals surface area contributed by atoms with Crippen LogP contribution < -0.4 is 0 Å². The van der Waals surface area contributed by atoms with Crippen LogP contribution in [0.4, 0.5) is 0 Å². The molecule has 0 unspecified atom stereocenters. The molecule has 0 aromatic heterocycles. The molecule has 0 radical (unpaired) electrons. The van der Waals surface area contributed by atoms with Gasteiger partial charge in [0.05, 0.1) is 0 Å². The number of benzene rings is 4. The van der Waals surface area contributed by atoms with Crippen LogP contribution in [0.2, 0.25) is 0 Å². The summed E-state index contributed by atoms with van der Waals surface area (Å²) in [5.41, 5.74) is 3.56. The topological polar surface area (TPSA) is 0 Å². The third-order valence-corrected chi connectivity index (χ3v) is 5.86. The van der Waals surface area contributed by atoms with E-state index >= 15 is 0 Å². The Morgan fingerprint density at radius 2 is 1.33 bits per heavy atom. The molecular weight excluding hydrogens is 288 g/mol. The largest absolute Gasteiger partial charge is 0.0616 e. The first kappa shape index (κ1) is 14.0. The molecule has 0 saturated carbocycles. The summed E-state index contributed by atoms with van der Waals surface area (Å²) in [6.45, 7) is 4.81. The molecule has 0 spiro atoms. The van der Waals surface area contributed by atoms with Crippen molar-refractivity contribution in [2.24, 2.45) is 5.41 Å². The Kier molecular flexibility index (Phi) is 2.83. The maximum absolute atomic E-state index is 2.41. The highest BCUT2D eigenvalue weighted by Gasteiger charge is 2.26. The Labute approximate surface area is 143 Å². The predicted octanol–water partition coefficient (Wildman–Crippen LogP) is 6.66. The van der Waals surface area contributed by atoms with Gasteiger partial charge in [0.25, 0.3) is 0 Å². The molecule has 24 heavy (non-hydrogen) atoms. The number of aryl methyl sites for hydroxylation is 1. The van der Waals surface area contributed by atoms with Crippen LogP contribution in [0.3, 0.4) is 0 Å². The van der Waals surface area contributed by atoms with E-state index in [1.807, 2.05) is 0 Å². The molecule has 4 aromatic rings. The number of fused-ring (bicyclic) bond motifs is 7. The summed E-state index contributed by atoms with van der Waals surface area (Å²) in [7, 11) is 0. The molecule has 118 valence electrons. The Morgan fingerprint density at radius 1 is 0.667 bits per heavy atom.